The Balaban J connectivity index is 1.49. The summed E-state index contributed by atoms with van der Waals surface area (Å²) in [4.78, 5) is 19.4. The lowest BCUT2D eigenvalue weighted by Gasteiger charge is -2.32. The van der Waals surface area contributed by atoms with Crippen LogP contribution in [0, 0.1) is 5.92 Å². The van der Waals surface area contributed by atoms with E-state index in [9.17, 15) is 4.79 Å². The quantitative estimate of drug-likeness (QED) is 0.317. The molecule has 3 aromatic rings. The van der Waals surface area contributed by atoms with Gasteiger partial charge in [0, 0.05) is 31.6 Å². The van der Waals surface area contributed by atoms with E-state index in [0.29, 0.717) is 43.6 Å². The van der Waals surface area contributed by atoms with Crippen LogP contribution in [0.15, 0.2) is 89.9 Å². The van der Waals surface area contributed by atoms with Gasteiger partial charge < -0.3 is 19.9 Å². The van der Waals surface area contributed by atoms with E-state index in [4.69, 9.17) is 19.6 Å². The second-order valence-corrected chi connectivity index (χ2v) is 10.6. The zero-order chi connectivity index (χ0) is 26.9. The van der Waals surface area contributed by atoms with Crippen LogP contribution in [-0.4, -0.2) is 42.2 Å². The molecule has 1 amide bonds. The molecule has 1 saturated carbocycles. The molecule has 5 rings (SSSR count). The minimum atomic E-state index is -1.15. The molecule has 0 spiro atoms. The first-order valence-corrected chi connectivity index (χ1v) is 14.2. The second kappa shape index (κ2) is 12.9. The van der Waals surface area contributed by atoms with E-state index in [2.05, 4.69) is 5.32 Å². The van der Waals surface area contributed by atoms with Crippen molar-refractivity contribution in [3.05, 3.63) is 102 Å². The standard InChI is InChI=1S/C33H38N2O4/c36-21-10-22-38-29-19-17-28(18-20-29)31-35-33(23-25-11-4-1-5-12-25,30(39-31)27-15-8-3-9-16-27)32(37)34-24-26-13-6-2-7-14-26/h1,3-5,8-9,11-12,15-20,26,30,36H,2,6-7,10,13-14,21-24H2,(H,34,37)/t30-,33-/m1/s1. The normalized spacial score (nSPS) is 21.2. The van der Waals surface area contributed by atoms with Crippen molar-refractivity contribution in [1.82, 2.24) is 5.32 Å². The summed E-state index contributed by atoms with van der Waals surface area (Å²) in [5.41, 5.74) is 1.60. The number of aliphatic hydroxyl groups is 1. The van der Waals surface area contributed by atoms with Crippen LogP contribution < -0.4 is 10.1 Å². The highest BCUT2D eigenvalue weighted by molar-refractivity contribution is 6.01. The van der Waals surface area contributed by atoms with Crippen LogP contribution >= 0.6 is 0 Å². The van der Waals surface area contributed by atoms with Gasteiger partial charge in [-0.1, -0.05) is 79.9 Å². The highest BCUT2D eigenvalue weighted by Gasteiger charge is 2.53. The van der Waals surface area contributed by atoms with Crippen molar-refractivity contribution in [2.45, 2.75) is 56.6 Å². The molecule has 1 aliphatic heterocycles. The topological polar surface area (TPSA) is 80.2 Å². The number of aliphatic hydroxyl groups excluding tert-OH is 1. The molecule has 0 aromatic heterocycles. The van der Waals surface area contributed by atoms with Crippen LogP contribution in [0.2, 0.25) is 0 Å². The largest absolute Gasteiger partial charge is 0.494 e. The average molecular weight is 527 g/mol. The first-order chi connectivity index (χ1) is 19.2. The van der Waals surface area contributed by atoms with Gasteiger partial charge in [0.25, 0.3) is 5.91 Å². The molecule has 6 nitrogen and oxygen atoms in total. The number of benzene rings is 3. The number of nitrogens with one attached hydrogen (secondary N) is 1. The third-order valence-electron chi connectivity index (χ3n) is 7.72. The smallest absolute Gasteiger partial charge is 0.252 e. The number of carbonyl (C=O) groups excluding carboxylic acids is 1. The highest BCUT2D eigenvalue weighted by Crippen LogP contribution is 2.42. The van der Waals surface area contributed by atoms with Crippen molar-refractivity contribution < 1.29 is 19.4 Å². The summed E-state index contributed by atoms with van der Waals surface area (Å²) < 4.78 is 12.3. The predicted octanol–water partition coefficient (Wildman–Crippen LogP) is 5.64. The summed E-state index contributed by atoms with van der Waals surface area (Å²) in [5, 5.41) is 12.3. The lowest BCUT2D eigenvalue weighted by molar-refractivity contribution is -0.129. The van der Waals surface area contributed by atoms with E-state index in [1.165, 1.54) is 19.3 Å². The number of carbonyl (C=O) groups is 1. The molecule has 0 bridgehead atoms. The molecule has 0 saturated heterocycles. The zero-order valence-corrected chi connectivity index (χ0v) is 22.4. The Kier molecular flexibility index (Phi) is 8.94. The number of rotatable bonds is 11. The molecule has 0 unspecified atom stereocenters. The van der Waals surface area contributed by atoms with Crippen molar-refractivity contribution in [2.75, 3.05) is 19.8 Å². The number of hydrogen-bond donors (Lipinski definition) is 2. The van der Waals surface area contributed by atoms with Gasteiger partial charge in [-0.2, -0.15) is 0 Å². The lowest BCUT2D eigenvalue weighted by atomic mass is 9.81. The van der Waals surface area contributed by atoms with Gasteiger partial charge in [0.15, 0.2) is 11.6 Å². The molecule has 2 atom stereocenters. The zero-order valence-electron chi connectivity index (χ0n) is 22.4. The lowest BCUT2D eigenvalue weighted by Crippen LogP contribution is -2.51. The molecule has 204 valence electrons. The summed E-state index contributed by atoms with van der Waals surface area (Å²) >= 11 is 0. The summed E-state index contributed by atoms with van der Waals surface area (Å²) in [6, 6.07) is 27.6. The number of hydrogen-bond acceptors (Lipinski definition) is 5. The predicted molar refractivity (Wildman–Crippen MR) is 153 cm³/mol. The monoisotopic (exact) mass is 526 g/mol. The maximum atomic E-state index is 14.2. The molecular formula is C33H38N2O4. The van der Waals surface area contributed by atoms with E-state index < -0.39 is 11.6 Å². The highest BCUT2D eigenvalue weighted by atomic mass is 16.5. The van der Waals surface area contributed by atoms with E-state index in [1.807, 2.05) is 84.9 Å². The van der Waals surface area contributed by atoms with Crippen LogP contribution in [0.5, 0.6) is 5.75 Å². The van der Waals surface area contributed by atoms with Crippen molar-refractivity contribution in [2.24, 2.45) is 10.9 Å². The van der Waals surface area contributed by atoms with Crippen LogP contribution in [0.4, 0.5) is 0 Å². The molecule has 6 heteroatoms. The number of amides is 1. The molecule has 1 fully saturated rings. The molecule has 2 aliphatic rings. The fourth-order valence-electron chi connectivity index (χ4n) is 5.60. The summed E-state index contributed by atoms with van der Waals surface area (Å²) in [5.74, 6) is 1.58. The van der Waals surface area contributed by atoms with E-state index in [1.54, 1.807) is 0 Å². The Hall–Kier alpha value is -3.64. The SMILES string of the molecule is O=C(NCC1CCCCC1)[C@]1(Cc2ccccc2)N=C(c2ccc(OCCCO)cc2)O[C@@H]1c1ccccc1. The fourth-order valence-corrected chi connectivity index (χ4v) is 5.60. The maximum absolute atomic E-state index is 14.2. The van der Waals surface area contributed by atoms with Gasteiger partial charge in [0.1, 0.15) is 5.75 Å². The van der Waals surface area contributed by atoms with Crippen LogP contribution in [-0.2, 0) is 16.0 Å². The van der Waals surface area contributed by atoms with E-state index in [-0.39, 0.29) is 12.5 Å². The Morgan fingerprint density at radius 3 is 2.33 bits per heavy atom. The minimum absolute atomic E-state index is 0.0928. The van der Waals surface area contributed by atoms with Crippen molar-refractivity contribution in [3.8, 4) is 5.75 Å². The van der Waals surface area contributed by atoms with E-state index in [0.717, 1.165) is 29.5 Å². The number of aliphatic imine (C=N–C) groups is 1. The maximum Gasteiger partial charge on any atom is 0.252 e. The average Bonchev–Trinajstić information content (AvgIpc) is 3.38. The molecule has 2 N–H and O–H groups in total. The molecule has 0 radical (unpaired) electrons. The van der Waals surface area contributed by atoms with Crippen molar-refractivity contribution >= 4 is 11.8 Å². The van der Waals surface area contributed by atoms with Crippen molar-refractivity contribution in [1.29, 1.82) is 0 Å². The van der Waals surface area contributed by atoms with Gasteiger partial charge >= 0.3 is 0 Å². The minimum Gasteiger partial charge on any atom is -0.494 e. The third-order valence-corrected chi connectivity index (χ3v) is 7.72. The van der Waals surface area contributed by atoms with Crippen LogP contribution in [0.1, 0.15) is 61.3 Å². The van der Waals surface area contributed by atoms with Gasteiger partial charge in [-0.3, -0.25) is 4.79 Å². The molecule has 39 heavy (non-hydrogen) atoms. The second-order valence-electron chi connectivity index (χ2n) is 10.6. The van der Waals surface area contributed by atoms with Gasteiger partial charge in [-0.25, -0.2) is 4.99 Å². The van der Waals surface area contributed by atoms with Gasteiger partial charge in [0.2, 0.25) is 5.90 Å². The van der Waals surface area contributed by atoms with Crippen LogP contribution in [0.3, 0.4) is 0 Å². The molecule has 1 heterocycles. The molecule has 3 aromatic carbocycles. The first kappa shape index (κ1) is 26.9. The van der Waals surface area contributed by atoms with Crippen molar-refractivity contribution in [3.63, 3.8) is 0 Å². The Bertz CT molecular complexity index is 1220. The van der Waals surface area contributed by atoms with E-state index >= 15 is 0 Å². The number of nitrogens with zero attached hydrogens (tertiary/aromatic N) is 1. The van der Waals surface area contributed by atoms with Crippen LogP contribution in [0.25, 0.3) is 0 Å². The summed E-state index contributed by atoms with van der Waals surface area (Å²) in [6.07, 6.45) is 6.49. The molecule has 1 aliphatic carbocycles. The summed E-state index contributed by atoms with van der Waals surface area (Å²) in [7, 11) is 0. The van der Waals surface area contributed by atoms with Gasteiger partial charge in [0.05, 0.1) is 6.61 Å². The summed E-state index contributed by atoms with van der Waals surface area (Å²) in [6.45, 7) is 1.21. The molecular weight excluding hydrogens is 488 g/mol. The van der Waals surface area contributed by atoms with Gasteiger partial charge in [-0.05, 0) is 54.2 Å². The third kappa shape index (κ3) is 6.51. The fraction of sp³-hybridized carbons (Fsp3) is 0.394. The Morgan fingerprint density at radius 2 is 1.64 bits per heavy atom. The van der Waals surface area contributed by atoms with Gasteiger partial charge in [-0.15, -0.1) is 0 Å². The first-order valence-electron chi connectivity index (χ1n) is 14.2. The Morgan fingerprint density at radius 1 is 0.949 bits per heavy atom. The Labute approximate surface area is 231 Å². The number of ether oxygens (including phenoxy) is 2.